The normalized spacial score (nSPS) is 10.8. The quantitative estimate of drug-likeness (QED) is 0.807. The van der Waals surface area contributed by atoms with Crippen LogP contribution in [0.2, 0.25) is 0 Å². The lowest BCUT2D eigenvalue weighted by Crippen LogP contribution is -1.98. The number of halogens is 2. The second-order valence-electron chi connectivity index (χ2n) is 3.58. The first kappa shape index (κ1) is 10.6. The Hall–Kier alpha value is -1.91. The number of phenols is 1. The molecule has 3 nitrogen and oxygen atoms in total. The number of phenolic OH excluding ortho intramolecular Hbond substituents is 1. The van der Waals surface area contributed by atoms with Crippen molar-refractivity contribution >= 4 is 0 Å². The number of aromatic hydroxyl groups is 1. The first-order valence-corrected chi connectivity index (χ1v) is 4.68. The van der Waals surface area contributed by atoms with Crippen molar-refractivity contribution in [3.63, 3.8) is 0 Å². The molecule has 1 N–H and O–H groups in total. The molecule has 1 aromatic heterocycles. The van der Waals surface area contributed by atoms with Gasteiger partial charge in [0.15, 0.2) is 0 Å². The monoisotopic (exact) mass is 224 g/mol. The summed E-state index contributed by atoms with van der Waals surface area (Å²) in [6, 6.07) is 3.33. The Morgan fingerprint density at radius 1 is 1.19 bits per heavy atom. The summed E-state index contributed by atoms with van der Waals surface area (Å²) in [6.45, 7) is 1.74. The van der Waals surface area contributed by atoms with Crippen molar-refractivity contribution in [2.75, 3.05) is 0 Å². The summed E-state index contributed by atoms with van der Waals surface area (Å²) < 4.78 is 28.5. The van der Waals surface area contributed by atoms with Crippen LogP contribution in [0.5, 0.6) is 5.75 Å². The summed E-state index contributed by atoms with van der Waals surface area (Å²) in [6.07, 6.45) is 0. The van der Waals surface area contributed by atoms with Gasteiger partial charge >= 0.3 is 0 Å². The van der Waals surface area contributed by atoms with Crippen molar-refractivity contribution in [1.82, 2.24) is 9.78 Å². The molecule has 1 heterocycles. The minimum Gasteiger partial charge on any atom is -0.508 e. The van der Waals surface area contributed by atoms with Crippen LogP contribution < -0.4 is 0 Å². The molecule has 0 aliphatic rings. The molecule has 0 bridgehead atoms. The van der Waals surface area contributed by atoms with E-state index in [-0.39, 0.29) is 5.56 Å². The fourth-order valence-electron chi connectivity index (χ4n) is 1.65. The van der Waals surface area contributed by atoms with E-state index in [4.69, 9.17) is 5.11 Å². The maximum absolute atomic E-state index is 13.5. The zero-order valence-electron chi connectivity index (χ0n) is 8.83. The Kier molecular flexibility index (Phi) is 2.38. The first-order valence-electron chi connectivity index (χ1n) is 4.68. The van der Waals surface area contributed by atoms with Gasteiger partial charge in [-0.1, -0.05) is 0 Å². The van der Waals surface area contributed by atoms with Gasteiger partial charge in [-0.15, -0.1) is 0 Å². The lowest BCUT2D eigenvalue weighted by atomic mass is 10.1. The van der Waals surface area contributed by atoms with E-state index >= 15 is 0 Å². The third-order valence-corrected chi connectivity index (χ3v) is 2.28. The number of hydrogen-bond acceptors (Lipinski definition) is 2. The van der Waals surface area contributed by atoms with Crippen LogP contribution in [0.4, 0.5) is 8.78 Å². The van der Waals surface area contributed by atoms with Crippen LogP contribution >= 0.6 is 0 Å². The lowest BCUT2D eigenvalue weighted by Gasteiger charge is -2.05. The maximum Gasteiger partial charge on any atom is 0.139 e. The highest BCUT2D eigenvalue weighted by Crippen LogP contribution is 2.29. The maximum atomic E-state index is 13.5. The third kappa shape index (κ3) is 1.64. The second-order valence-corrected chi connectivity index (χ2v) is 3.58. The van der Waals surface area contributed by atoms with Gasteiger partial charge in [-0.3, -0.25) is 4.68 Å². The molecule has 0 spiro atoms. The summed E-state index contributed by atoms with van der Waals surface area (Å²) in [7, 11) is 1.61. The molecule has 1 aromatic carbocycles. The van der Waals surface area contributed by atoms with Gasteiger partial charge < -0.3 is 5.11 Å². The van der Waals surface area contributed by atoms with Gasteiger partial charge in [0.1, 0.15) is 17.4 Å². The van der Waals surface area contributed by atoms with E-state index in [9.17, 15) is 8.78 Å². The highest BCUT2D eigenvalue weighted by atomic mass is 19.1. The van der Waals surface area contributed by atoms with Gasteiger partial charge in [0.05, 0.1) is 17.0 Å². The summed E-state index contributed by atoms with van der Waals surface area (Å²) in [5, 5.41) is 13.1. The minimum atomic E-state index is -0.805. The molecule has 0 aliphatic heterocycles. The Morgan fingerprint density at radius 2 is 1.75 bits per heavy atom. The van der Waals surface area contributed by atoms with Crippen LogP contribution in [0.25, 0.3) is 11.3 Å². The van der Waals surface area contributed by atoms with Crippen LogP contribution in [0.15, 0.2) is 18.2 Å². The molecule has 0 aliphatic carbocycles. The van der Waals surface area contributed by atoms with Gasteiger partial charge in [0.25, 0.3) is 0 Å². The molecule has 0 saturated carbocycles. The Bertz CT molecular complexity index is 526. The van der Waals surface area contributed by atoms with Crippen LogP contribution in [-0.4, -0.2) is 14.9 Å². The predicted molar refractivity (Wildman–Crippen MR) is 55.0 cm³/mol. The molecular formula is C11H10F2N2O. The second kappa shape index (κ2) is 3.59. The van der Waals surface area contributed by atoms with Crippen LogP contribution in [0, 0.1) is 18.6 Å². The van der Waals surface area contributed by atoms with Crippen molar-refractivity contribution in [2.24, 2.45) is 7.05 Å². The van der Waals surface area contributed by atoms with E-state index in [1.165, 1.54) is 4.68 Å². The number of rotatable bonds is 1. The molecule has 0 unspecified atom stereocenters. The highest BCUT2D eigenvalue weighted by Gasteiger charge is 2.16. The zero-order chi connectivity index (χ0) is 11.9. The highest BCUT2D eigenvalue weighted by molar-refractivity contribution is 5.62. The van der Waals surface area contributed by atoms with E-state index in [2.05, 4.69) is 5.10 Å². The Balaban J connectivity index is 2.69. The molecule has 2 rings (SSSR count). The van der Waals surface area contributed by atoms with E-state index in [1.807, 2.05) is 0 Å². The summed E-state index contributed by atoms with van der Waals surface area (Å²) >= 11 is 0. The molecular weight excluding hydrogens is 214 g/mol. The predicted octanol–water partition coefficient (Wildman–Crippen LogP) is 2.38. The number of aromatic nitrogens is 2. The smallest absolute Gasteiger partial charge is 0.139 e. The van der Waals surface area contributed by atoms with Crippen LogP contribution in [0.1, 0.15) is 5.69 Å². The standard InChI is InChI=1S/C11H10F2N2O/c1-6-3-10(15(2)14-6)11-8(12)4-7(16)5-9(11)13/h3-5,16H,1-2H3. The minimum absolute atomic E-state index is 0.180. The van der Waals surface area contributed by atoms with E-state index in [1.54, 1.807) is 20.0 Å². The number of hydrogen-bond donors (Lipinski definition) is 1. The summed E-state index contributed by atoms with van der Waals surface area (Å²) in [4.78, 5) is 0. The average molecular weight is 224 g/mol. The SMILES string of the molecule is Cc1cc(-c2c(F)cc(O)cc2F)n(C)n1. The van der Waals surface area contributed by atoms with Crippen molar-refractivity contribution in [1.29, 1.82) is 0 Å². The average Bonchev–Trinajstić information content (AvgIpc) is 2.43. The van der Waals surface area contributed by atoms with Crippen LogP contribution in [-0.2, 0) is 7.05 Å². The molecule has 0 atom stereocenters. The molecule has 0 fully saturated rings. The van der Waals surface area contributed by atoms with Gasteiger partial charge in [0, 0.05) is 19.2 Å². The van der Waals surface area contributed by atoms with Crippen LogP contribution in [0.3, 0.4) is 0 Å². The Labute approximate surface area is 91.0 Å². The van der Waals surface area contributed by atoms with Crippen molar-refractivity contribution in [2.45, 2.75) is 6.92 Å². The van der Waals surface area contributed by atoms with Gasteiger partial charge in [-0.05, 0) is 13.0 Å². The zero-order valence-corrected chi connectivity index (χ0v) is 8.83. The number of benzene rings is 1. The topological polar surface area (TPSA) is 38.0 Å². The van der Waals surface area contributed by atoms with Crippen molar-refractivity contribution < 1.29 is 13.9 Å². The third-order valence-electron chi connectivity index (χ3n) is 2.28. The van der Waals surface area contributed by atoms with Gasteiger partial charge in [0.2, 0.25) is 0 Å². The number of aryl methyl sites for hydroxylation is 2. The van der Waals surface area contributed by atoms with Gasteiger partial charge in [-0.25, -0.2) is 8.78 Å². The van der Waals surface area contributed by atoms with Crippen molar-refractivity contribution in [3.05, 3.63) is 35.5 Å². The summed E-state index contributed by atoms with van der Waals surface area (Å²) in [5.41, 5.74) is 0.831. The molecule has 0 amide bonds. The molecule has 16 heavy (non-hydrogen) atoms. The van der Waals surface area contributed by atoms with E-state index in [0.717, 1.165) is 12.1 Å². The molecule has 0 saturated heterocycles. The fraction of sp³-hybridized carbons (Fsp3) is 0.182. The molecule has 2 aromatic rings. The molecule has 84 valence electrons. The number of nitrogens with zero attached hydrogens (tertiary/aromatic N) is 2. The first-order chi connectivity index (χ1) is 7.49. The summed E-state index contributed by atoms with van der Waals surface area (Å²) in [5.74, 6) is -2.04. The van der Waals surface area contributed by atoms with Crippen molar-refractivity contribution in [3.8, 4) is 17.0 Å². The van der Waals surface area contributed by atoms with E-state index in [0.29, 0.717) is 11.4 Å². The van der Waals surface area contributed by atoms with E-state index < -0.39 is 17.4 Å². The molecule has 0 radical (unpaired) electrons. The fourth-order valence-corrected chi connectivity index (χ4v) is 1.65. The Morgan fingerprint density at radius 3 is 2.19 bits per heavy atom. The van der Waals surface area contributed by atoms with Gasteiger partial charge in [-0.2, -0.15) is 5.10 Å². The molecule has 5 heteroatoms. The lowest BCUT2D eigenvalue weighted by molar-refractivity contribution is 0.461. The largest absolute Gasteiger partial charge is 0.508 e.